The SMILES string of the molecule is CC[C@H](C)[C@H](NC(=O)C(CC(O)C(CC(C)C)NC(=O)CCNC(=O)[C@H](Cc1ccccc1)NC(=O)N1CCC(N)CC1)C(C)C)C(=O)O. The van der Waals surface area contributed by atoms with Crippen molar-refractivity contribution in [1.82, 2.24) is 26.2 Å². The number of carbonyl (C=O) groups is 5. The van der Waals surface area contributed by atoms with Gasteiger partial charge < -0.3 is 42.1 Å². The van der Waals surface area contributed by atoms with Gasteiger partial charge in [-0.05, 0) is 49.0 Å². The van der Waals surface area contributed by atoms with Crippen molar-refractivity contribution in [3.05, 3.63) is 35.9 Å². The van der Waals surface area contributed by atoms with E-state index in [1.165, 1.54) is 0 Å². The van der Waals surface area contributed by atoms with Crippen molar-refractivity contribution >= 4 is 29.7 Å². The molecule has 0 spiro atoms. The third-order valence-electron chi connectivity index (χ3n) is 9.32. The summed E-state index contributed by atoms with van der Waals surface area (Å²) in [6, 6.07) is 6.51. The Bertz CT molecular complexity index is 1210. The molecule has 49 heavy (non-hydrogen) atoms. The lowest BCUT2D eigenvalue weighted by Gasteiger charge is -2.31. The molecular weight excluding hydrogens is 628 g/mol. The van der Waals surface area contributed by atoms with Crippen LogP contribution in [0.15, 0.2) is 30.3 Å². The van der Waals surface area contributed by atoms with E-state index in [1.807, 2.05) is 65.0 Å². The smallest absolute Gasteiger partial charge is 0.326 e. The average Bonchev–Trinajstić information content (AvgIpc) is 3.05. The van der Waals surface area contributed by atoms with Gasteiger partial charge in [0, 0.05) is 44.4 Å². The fraction of sp³-hybridized carbons (Fsp3) is 0.694. The first kappa shape index (κ1) is 41.5. The molecule has 0 bridgehead atoms. The molecule has 1 heterocycles. The Labute approximate surface area is 291 Å². The second-order valence-electron chi connectivity index (χ2n) is 14.2. The third-order valence-corrected chi connectivity index (χ3v) is 9.32. The molecule has 1 fully saturated rings. The van der Waals surface area contributed by atoms with E-state index >= 15 is 0 Å². The molecule has 6 atom stereocenters. The number of aliphatic hydroxyl groups excluding tert-OH is 1. The van der Waals surface area contributed by atoms with E-state index in [0.29, 0.717) is 38.8 Å². The number of piperidine rings is 1. The number of benzene rings is 1. The fourth-order valence-corrected chi connectivity index (χ4v) is 5.97. The molecule has 0 radical (unpaired) electrons. The molecule has 3 unspecified atom stereocenters. The lowest BCUT2D eigenvalue weighted by molar-refractivity contribution is -0.144. The zero-order valence-corrected chi connectivity index (χ0v) is 30.1. The second-order valence-corrected chi connectivity index (χ2v) is 14.2. The van der Waals surface area contributed by atoms with E-state index < -0.39 is 47.9 Å². The third kappa shape index (κ3) is 14.4. The number of hydrogen-bond acceptors (Lipinski definition) is 7. The standard InChI is InChI=1S/C36H60N6O7/c1-7-24(6)32(35(47)48)41-33(45)27(23(4)5)21-30(43)28(19-22(2)3)39-31(44)13-16-38-34(46)29(20-25-11-9-8-10-12-25)40-36(49)42-17-14-26(37)15-18-42/h8-12,22-24,26-30,32,43H,7,13-21,37H2,1-6H3,(H,38,46)(H,39,44)(H,40,49)(H,41,45)(H,47,48)/t24-,27?,28?,29-,30?,32-/m0/s1. The molecule has 2 rings (SSSR count). The number of carboxylic acids is 1. The molecule has 276 valence electrons. The Kier molecular flexibility index (Phi) is 17.5. The van der Waals surface area contributed by atoms with Gasteiger partial charge in [0.15, 0.2) is 0 Å². The predicted octanol–water partition coefficient (Wildman–Crippen LogP) is 2.41. The van der Waals surface area contributed by atoms with Crippen molar-refractivity contribution in [1.29, 1.82) is 0 Å². The van der Waals surface area contributed by atoms with Gasteiger partial charge >= 0.3 is 12.0 Å². The molecule has 1 aliphatic rings. The van der Waals surface area contributed by atoms with Crippen LogP contribution in [0.25, 0.3) is 0 Å². The summed E-state index contributed by atoms with van der Waals surface area (Å²) in [7, 11) is 0. The summed E-state index contributed by atoms with van der Waals surface area (Å²) in [5, 5.41) is 32.1. The van der Waals surface area contributed by atoms with Crippen LogP contribution >= 0.6 is 0 Å². The van der Waals surface area contributed by atoms with Crippen LogP contribution in [0.2, 0.25) is 0 Å². The van der Waals surface area contributed by atoms with Crippen LogP contribution in [0.4, 0.5) is 4.79 Å². The van der Waals surface area contributed by atoms with Gasteiger partial charge in [-0.25, -0.2) is 9.59 Å². The molecule has 5 amide bonds. The van der Waals surface area contributed by atoms with Gasteiger partial charge in [-0.15, -0.1) is 0 Å². The van der Waals surface area contributed by atoms with E-state index in [1.54, 1.807) is 11.8 Å². The molecular formula is C36H60N6O7. The molecule has 13 heteroatoms. The lowest BCUT2D eigenvalue weighted by Crippen LogP contribution is -2.54. The minimum absolute atomic E-state index is 0.0120. The van der Waals surface area contributed by atoms with Crippen LogP contribution in [0.5, 0.6) is 0 Å². The maximum atomic E-state index is 13.3. The van der Waals surface area contributed by atoms with E-state index in [4.69, 9.17) is 5.73 Å². The highest BCUT2D eigenvalue weighted by molar-refractivity contribution is 5.88. The first-order chi connectivity index (χ1) is 23.1. The molecule has 8 N–H and O–H groups in total. The normalized spacial score (nSPS) is 17.4. The minimum Gasteiger partial charge on any atom is -0.480 e. The highest BCUT2D eigenvalue weighted by Gasteiger charge is 2.34. The van der Waals surface area contributed by atoms with E-state index in [-0.39, 0.29) is 61.5 Å². The monoisotopic (exact) mass is 688 g/mol. The summed E-state index contributed by atoms with van der Waals surface area (Å²) < 4.78 is 0. The maximum Gasteiger partial charge on any atom is 0.326 e. The van der Waals surface area contributed by atoms with Crippen molar-refractivity contribution in [3.63, 3.8) is 0 Å². The number of aliphatic carboxylic acids is 1. The van der Waals surface area contributed by atoms with Gasteiger partial charge in [0.05, 0.1) is 12.1 Å². The number of nitrogens with two attached hydrogens (primary N) is 1. The Balaban J connectivity index is 2.02. The van der Waals surface area contributed by atoms with Crippen LogP contribution in [-0.2, 0) is 25.6 Å². The summed E-state index contributed by atoms with van der Waals surface area (Å²) >= 11 is 0. The maximum absolute atomic E-state index is 13.3. The zero-order chi connectivity index (χ0) is 36.7. The number of hydrogen-bond donors (Lipinski definition) is 7. The van der Waals surface area contributed by atoms with Crippen molar-refractivity contribution in [2.24, 2.45) is 29.4 Å². The number of nitrogens with zero attached hydrogens (tertiary/aromatic N) is 1. The fourth-order valence-electron chi connectivity index (χ4n) is 5.97. The Morgan fingerprint density at radius 1 is 0.918 bits per heavy atom. The topological polar surface area (TPSA) is 203 Å². The van der Waals surface area contributed by atoms with Crippen LogP contribution in [-0.4, -0.2) is 94.7 Å². The van der Waals surface area contributed by atoms with Gasteiger partial charge in [-0.2, -0.15) is 0 Å². The minimum atomic E-state index is -1.11. The summed E-state index contributed by atoms with van der Waals surface area (Å²) in [6.07, 6.45) is 1.59. The van der Waals surface area contributed by atoms with Gasteiger partial charge in [0.25, 0.3) is 0 Å². The van der Waals surface area contributed by atoms with Gasteiger partial charge in [0.2, 0.25) is 17.7 Å². The molecule has 0 aromatic heterocycles. The summed E-state index contributed by atoms with van der Waals surface area (Å²) in [6.45, 7) is 12.3. The van der Waals surface area contributed by atoms with Crippen LogP contribution in [0.1, 0.15) is 85.6 Å². The first-order valence-corrected chi connectivity index (χ1v) is 17.8. The first-order valence-electron chi connectivity index (χ1n) is 17.8. The highest BCUT2D eigenvalue weighted by atomic mass is 16.4. The molecule has 0 saturated carbocycles. The number of amides is 5. The Hall–Kier alpha value is -3.71. The van der Waals surface area contributed by atoms with Crippen LogP contribution < -0.4 is 27.0 Å². The summed E-state index contributed by atoms with van der Waals surface area (Å²) in [4.78, 5) is 66.1. The number of carboxylic acid groups (broad SMARTS) is 1. The van der Waals surface area contributed by atoms with Gasteiger partial charge in [-0.1, -0.05) is 78.3 Å². The predicted molar refractivity (Wildman–Crippen MR) is 188 cm³/mol. The number of urea groups is 1. The Morgan fingerprint density at radius 3 is 2.10 bits per heavy atom. The Morgan fingerprint density at radius 2 is 1.55 bits per heavy atom. The molecule has 0 aliphatic carbocycles. The second kappa shape index (κ2) is 20.7. The summed E-state index contributed by atoms with van der Waals surface area (Å²) in [5.74, 6) is -3.37. The number of likely N-dealkylation sites (tertiary alicyclic amines) is 1. The van der Waals surface area contributed by atoms with Crippen molar-refractivity contribution in [2.45, 2.75) is 117 Å². The number of carbonyl (C=O) groups excluding carboxylic acids is 4. The van der Waals surface area contributed by atoms with Gasteiger partial charge in [-0.3, -0.25) is 14.4 Å². The van der Waals surface area contributed by atoms with Crippen molar-refractivity contribution in [2.75, 3.05) is 19.6 Å². The number of aliphatic hydroxyl groups is 1. The lowest BCUT2D eigenvalue weighted by atomic mass is 9.85. The zero-order valence-electron chi connectivity index (χ0n) is 30.1. The molecule has 1 saturated heterocycles. The molecule has 1 aromatic rings. The van der Waals surface area contributed by atoms with Crippen molar-refractivity contribution in [3.8, 4) is 0 Å². The number of nitrogens with one attached hydrogen (secondary N) is 4. The summed E-state index contributed by atoms with van der Waals surface area (Å²) in [5.41, 5.74) is 6.85. The van der Waals surface area contributed by atoms with Crippen LogP contribution in [0, 0.1) is 23.7 Å². The van der Waals surface area contributed by atoms with E-state index in [9.17, 15) is 34.2 Å². The molecule has 13 nitrogen and oxygen atoms in total. The largest absolute Gasteiger partial charge is 0.480 e. The van der Waals surface area contributed by atoms with E-state index in [0.717, 1.165) is 5.56 Å². The van der Waals surface area contributed by atoms with E-state index in [2.05, 4.69) is 21.3 Å². The quantitative estimate of drug-likeness (QED) is 0.115. The van der Waals surface area contributed by atoms with Crippen LogP contribution in [0.3, 0.4) is 0 Å². The molecule has 1 aromatic carbocycles. The molecule has 1 aliphatic heterocycles. The highest BCUT2D eigenvalue weighted by Crippen LogP contribution is 2.23. The average molecular weight is 689 g/mol. The number of rotatable bonds is 19. The van der Waals surface area contributed by atoms with Crippen molar-refractivity contribution < 1.29 is 34.2 Å². The van der Waals surface area contributed by atoms with Gasteiger partial charge in [0.1, 0.15) is 12.1 Å².